The van der Waals surface area contributed by atoms with E-state index in [4.69, 9.17) is 9.47 Å². The molecule has 0 saturated carbocycles. The Hall–Kier alpha value is -2.47. The molecule has 2 atom stereocenters. The molecule has 1 aromatic carbocycles. The number of hydrogen-bond donors (Lipinski definition) is 1. The zero-order chi connectivity index (χ0) is 21.5. The maximum absolute atomic E-state index is 14.9. The standard InChI is InChI=1S/C24H28FNO4/c1-14-20(23(28)30-13-15-7-6-10-29-15)21(16-8-4-5-9-17(16)25)22-18(26-14)11-24(2,3)12-19(22)27/h4-5,8-9,15,21,26H,6-7,10-13H2,1-3H3/t15-,21-/m0/s1. The Morgan fingerprint density at radius 2 is 2.07 bits per heavy atom. The molecule has 2 aliphatic heterocycles. The summed E-state index contributed by atoms with van der Waals surface area (Å²) in [4.78, 5) is 26.3. The molecule has 1 aliphatic carbocycles. The zero-order valence-electron chi connectivity index (χ0n) is 17.7. The molecule has 4 rings (SSSR count). The van der Waals surface area contributed by atoms with E-state index in [-0.39, 0.29) is 23.9 Å². The third-order valence-corrected chi connectivity index (χ3v) is 6.10. The number of Topliss-reactive ketones (excluding diaryl/α,β-unsaturated/α-hetero) is 1. The highest BCUT2D eigenvalue weighted by Crippen LogP contribution is 2.47. The average Bonchev–Trinajstić information content (AvgIpc) is 3.18. The Balaban J connectivity index is 1.73. The number of hydrogen-bond acceptors (Lipinski definition) is 5. The predicted molar refractivity (Wildman–Crippen MR) is 110 cm³/mol. The number of allylic oxidation sites excluding steroid dienone is 3. The molecule has 5 nitrogen and oxygen atoms in total. The van der Waals surface area contributed by atoms with Crippen molar-refractivity contribution < 1.29 is 23.5 Å². The van der Waals surface area contributed by atoms with Crippen LogP contribution >= 0.6 is 0 Å². The van der Waals surface area contributed by atoms with Gasteiger partial charge in [0.1, 0.15) is 12.4 Å². The number of halogens is 1. The fourth-order valence-electron chi connectivity index (χ4n) is 4.75. The van der Waals surface area contributed by atoms with Gasteiger partial charge in [-0.25, -0.2) is 9.18 Å². The number of carbonyl (C=O) groups is 2. The van der Waals surface area contributed by atoms with Crippen molar-refractivity contribution in [1.29, 1.82) is 0 Å². The lowest BCUT2D eigenvalue weighted by atomic mass is 9.68. The van der Waals surface area contributed by atoms with Crippen molar-refractivity contribution in [2.24, 2.45) is 5.41 Å². The van der Waals surface area contributed by atoms with Crippen molar-refractivity contribution in [2.75, 3.05) is 13.2 Å². The minimum atomic E-state index is -0.775. The van der Waals surface area contributed by atoms with Gasteiger partial charge in [-0.3, -0.25) is 4.79 Å². The Kier molecular flexibility index (Phi) is 5.53. The van der Waals surface area contributed by atoms with Crippen LogP contribution in [0.15, 0.2) is 46.8 Å². The van der Waals surface area contributed by atoms with Crippen LogP contribution in [-0.4, -0.2) is 31.1 Å². The molecule has 6 heteroatoms. The molecule has 3 aliphatic rings. The largest absolute Gasteiger partial charge is 0.459 e. The van der Waals surface area contributed by atoms with Crippen LogP contribution < -0.4 is 5.32 Å². The number of ether oxygens (including phenoxy) is 2. The molecule has 1 saturated heterocycles. The monoisotopic (exact) mass is 413 g/mol. The van der Waals surface area contributed by atoms with E-state index in [9.17, 15) is 14.0 Å². The molecule has 1 fully saturated rings. The summed E-state index contributed by atoms with van der Waals surface area (Å²) < 4.78 is 26.0. The highest BCUT2D eigenvalue weighted by atomic mass is 19.1. The maximum atomic E-state index is 14.9. The van der Waals surface area contributed by atoms with Gasteiger partial charge in [0.15, 0.2) is 5.78 Å². The highest BCUT2D eigenvalue weighted by molar-refractivity contribution is 6.04. The van der Waals surface area contributed by atoms with Crippen molar-refractivity contribution in [3.8, 4) is 0 Å². The summed E-state index contributed by atoms with van der Waals surface area (Å²) in [5, 5.41) is 3.27. The summed E-state index contributed by atoms with van der Waals surface area (Å²) in [7, 11) is 0. The Bertz CT molecular complexity index is 940. The van der Waals surface area contributed by atoms with E-state index in [0.717, 1.165) is 18.5 Å². The molecule has 30 heavy (non-hydrogen) atoms. The minimum absolute atomic E-state index is 0.0565. The molecule has 0 aromatic heterocycles. The van der Waals surface area contributed by atoms with Crippen LogP contribution in [0.2, 0.25) is 0 Å². The Morgan fingerprint density at radius 3 is 2.77 bits per heavy atom. The lowest BCUT2D eigenvalue weighted by Crippen LogP contribution is -2.39. The van der Waals surface area contributed by atoms with Gasteiger partial charge < -0.3 is 14.8 Å². The maximum Gasteiger partial charge on any atom is 0.336 e. The fourth-order valence-corrected chi connectivity index (χ4v) is 4.75. The summed E-state index contributed by atoms with van der Waals surface area (Å²) in [6, 6.07) is 6.33. The first kappa shape index (κ1) is 20.8. The summed E-state index contributed by atoms with van der Waals surface area (Å²) in [6.07, 6.45) is 2.71. The summed E-state index contributed by atoms with van der Waals surface area (Å²) in [5.41, 5.74) is 2.28. The van der Waals surface area contributed by atoms with Crippen LogP contribution in [0.5, 0.6) is 0 Å². The fraction of sp³-hybridized carbons (Fsp3) is 0.500. The normalized spacial score (nSPS) is 25.8. The first-order valence-corrected chi connectivity index (χ1v) is 10.5. The van der Waals surface area contributed by atoms with Crippen LogP contribution in [0.1, 0.15) is 57.9 Å². The van der Waals surface area contributed by atoms with E-state index in [1.165, 1.54) is 6.07 Å². The smallest absolute Gasteiger partial charge is 0.336 e. The molecule has 0 radical (unpaired) electrons. The molecule has 1 N–H and O–H groups in total. The number of benzene rings is 1. The second kappa shape index (κ2) is 7.99. The molecule has 160 valence electrons. The van der Waals surface area contributed by atoms with Crippen LogP contribution in [0.25, 0.3) is 0 Å². The molecule has 0 unspecified atom stereocenters. The zero-order valence-corrected chi connectivity index (χ0v) is 17.7. The van der Waals surface area contributed by atoms with E-state index in [1.807, 2.05) is 13.8 Å². The average molecular weight is 413 g/mol. The van der Waals surface area contributed by atoms with E-state index in [1.54, 1.807) is 25.1 Å². The van der Waals surface area contributed by atoms with Crippen molar-refractivity contribution >= 4 is 11.8 Å². The second-order valence-corrected chi connectivity index (χ2v) is 9.18. The number of ketones is 1. The van der Waals surface area contributed by atoms with E-state index < -0.39 is 17.7 Å². The topological polar surface area (TPSA) is 64.6 Å². The van der Waals surface area contributed by atoms with Crippen molar-refractivity contribution in [1.82, 2.24) is 5.32 Å². The van der Waals surface area contributed by atoms with E-state index in [2.05, 4.69) is 5.32 Å². The van der Waals surface area contributed by atoms with Gasteiger partial charge in [0.05, 0.1) is 17.6 Å². The molecular formula is C24H28FNO4. The lowest BCUT2D eigenvalue weighted by Gasteiger charge is -2.39. The van der Waals surface area contributed by atoms with Crippen LogP contribution in [-0.2, 0) is 19.1 Å². The summed E-state index contributed by atoms with van der Waals surface area (Å²) in [5.74, 6) is -1.80. The first-order valence-electron chi connectivity index (χ1n) is 10.5. The molecule has 0 spiro atoms. The molecule has 2 heterocycles. The molecule has 1 aromatic rings. The highest BCUT2D eigenvalue weighted by Gasteiger charge is 2.44. The van der Waals surface area contributed by atoms with Gasteiger partial charge in [0.25, 0.3) is 0 Å². The molecule has 0 bridgehead atoms. The SMILES string of the molecule is CC1=C(C(=O)OC[C@@H]2CCCO2)[C@H](c2ccccc2F)C2=C(CC(C)(C)CC2=O)N1. The van der Waals surface area contributed by atoms with Gasteiger partial charge in [-0.2, -0.15) is 0 Å². The van der Waals surface area contributed by atoms with Gasteiger partial charge in [0, 0.05) is 35.6 Å². The van der Waals surface area contributed by atoms with Crippen LogP contribution in [0.3, 0.4) is 0 Å². The quantitative estimate of drug-likeness (QED) is 0.752. The molecule has 0 amide bonds. The predicted octanol–water partition coefficient (Wildman–Crippen LogP) is 4.15. The van der Waals surface area contributed by atoms with Crippen LogP contribution in [0.4, 0.5) is 4.39 Å². The second-order valence-electron chi connectivity index (χ2n) is 9.18. The number of rotatable bonds is 4. The Morgan fingerprint density at radius 1 is 1.30 bits per heavy atom. The first-order chi connectivity index (χ1) is 14.3. The van der Waals surface area contributed by atoms with Gasteiger partial charge in [-0.1, -0.05) is 32.0 Å². The van der Waals surface area contributed by atoms with E-state index in [0.29, 0.717) is 41.9 Å². The number of carbonyl (C=O) groups excluding carboxylic acids is 2. The van der Waals surface area contributed by atoms with Crippen molar-refractivity contribution in [3.05, 3.63) is 58.2 Å². The van der Waals surface area contributed by atoms with Gasteiger partial charge in [-0.15, -0.1) is 0 Å². The van der Waals surface area contributed by atoms with Crippen molar-refractivity contribution in [2.45, 2.75) is 58.5 Å². The summed E-state index contributed by atoms with van der Waals surface area (Å²) in [6.45, 7) is 6.69. The number of dihydropyridines is 1. The lowest BCUT2D eigenvalue weighted by molar-refractivity contribution is -0.142. The van der Waals surface area contributed by atoms with Crippen molar-refractivity contribution in [3.63, 3.8) is 0 Å². The third kappa shape index (κ3) is 3.93. The van der Waals surface area contributed by atoms with Gasteiger partial charge >= 0.3 is 5.97 Å². The third-order valence-electron chi connectivity index (χ3n) is 6.10. The van der Waals surface area contributed by atoms with Gasteiger partial charge in [-0.05, 0) is 37.7 Å². The Labute approximate surface area is 176 Å². The van der Waals surface area contributed by atoms with Crippen LogP contribution in [0, 0.1) is 11.2 Å². The van der Waals surface area contributed by atoms with E-state index >= 15 is 0 Å². The molecular weight excluding hydrogens is 385 g/mol. The summed E-state index contributed by atoms with van der Waals surface area (Å²) >= 11 is 0. The van der Waals surface area contributed by atoms with Gasteiger partial charge in [0.2, 0.25) is 0 Å². The minimum Gasteiger partial charge on any atom is -0.459 e. The number of nitrogens with one attached hydrogen (secondary N) is 1. The number of esters is 1.